The van der Waals surface area contributed by atoms with Gasteiger partial charge in [-0.25, -0.2) is 0 Å². The molecule has 4 rings (SSSR count). The molecule has 140 valence electrons. The zero-order valence-electron chi connectivity index (χ0n) is 15.1. The molecular formula is C22H23Cl2N3. The first-order chi connectivity index (χ1) is 12.8. The fourth-order valence-corrected chi connectivity index (χ4v) is 3.58. The quantitative estimate of drug-likeness (QED) is 0.570. The molecule has 1 heterocycles. The second-order valence-electron chi connectivity index (χ2n) is 6.63. The minimum Gasteiger partial charge on any atom is -0.295 e. The van der Waals surface area contributed by atoms with Gasteiger partial charge < -0.3 is 0 Å². The van der Waals surface area contributed by atoms with Gasteiger partial charge in [0, 0.05) is 43.3 Å². The van der Waals surface area contributed by atoms with Gasteiger partial charge >= 0.3 is 0 Å². The zero-order valence-corrected chi connectivity index (χ0v) is 16.7. The number of nitrogens with zero attached hydrogens (tertiary/aromatic N) is 3. The van der Waals surface area contributed by atoms with E-state index in [-0.39, 0.29) is 12.4 Å². The molecule has 3 aromatic carbocycles. The van der Waals surface area contributed by atoms with E-state index >= 15 is 0 Å². The third-order valence-corrected chi connectivity index (χ3v) is 5.25. The highest BCUT2D eigenvalue weighted by Gasteiger charge is 2.16. The Balaban J connectivity index is 0.00000210. The molecule has 1 fully saturated rings. The van der Waals surface area contributed by atoms with Crippen LogP contribution in [0, 0.1) is 0 Å². The van der Waals surface area contributed by atoms with Crippen LogP contribution in [0.5, 0.6) is 0 Å². The average molecular weight is 400 g/mol. The van der Waals surface area contributed by atoms with Crippen LogP contribution in [0.1, 0.15) is 11.1 Å². The Morgan fingerprint density at radius 3 is 2.37 bits per heavy atom. The van der Waals surface area contributed by atoms with Crippen molar-refractivity contribution in [2.75, 3.05) is 26.2 Å². The van der Waals surface area contributed by atoms with Crippen molar-refractivity contribution in [3.05, 3.63) is 82.9 Å². The van der Waals surface area contributed by atoms with Crippen LogP contribution in [0.4, 0.5) is 0 Å². The lowest BCUT2D eigenvalue weighted by Gasteiger charge is -2.33. The van der Waals surface area contributed by atoms with Crippen molar-refractivity contribution in [1.82, 2.24) is 9.91 Å². The van der Waals surface area contributed by atoms with Gasteiger partial charge in [0.25, 0.3) is 0 Å². The zero-order chi connectivity index (χ0) is 17.8. The molecule has 1 aliphatic rings. The predicted octanol–water partition coefficient (Wildman–Crippen LogP) is 5.07. The smallest absolute Gasteiger partial charge is 0.0549 e. The topological polar surface area (TPSA) is 18.8 Å². The molecule has 0 saturated carbocycles. The molecule has 0 spiro atoms. The van der Waals surface area contributed by atoms with Crippen molar-refractivity contribution < 1.29 is 0 Å². The highest BCUT2D eigenvalue weighted by Crippen LogP contribution is 2.19. The Morgan fingerprint density at radius 1 is 0.852 bits per heavy atom. The van der Waals surface area contributed by atoms with Gasteiger partial charge in [0.15, 0.2) is 0 Å². The van der Waals surface area contributed by atoms with Gasteiger partial charge in [-0.05, 0) is 22.4 Å². The van der Waals surface area contributed by atoms with E-state index in [9.17, 15) is 0 Å². The molecule has 0 atom stereocenters. The minimum absolute atomic E-state index is 0. The van der Waals surface area contributed by atoms with Crippen molar-refractivity contribution in [1.29, 1.82) is 0 Å². The predicted molar refractivity (Wildman–Crippen MR) is 117 cm³/mol. The number of hydrogen-bond donors (Lipinski definition) is 0. The van der Waals surface area contributed by atoms with Crippen LogP contribution >= 0.6 is 24.0 Å². The summed E-state index contributed by atoms with van der Waals surface area (Å²) in [4.78, 5) is 2.44. The van der Waals surface area contributed by atoms with Crippen LogP contribution in [0.25, 0.3) is 10.8 Å². The second kappa shape index (κ2) is 9.23. The Labute approximate surface area is 171 Å². The van der Waals surface area contributed by atoms with Gasteiger partial charge in [-0.3, -0.25) is 9.91 Å². The summed E-state index contributed by atoms with van der Waals surface area (Å²) in [6, 6.07) is 22.9. The maximum absolute atomic E-state index is 6.28. The fraction of sp³-hybridized carbons (Fsp3) is 0.227. The minimum atomic E-state index is 0. The molecule has 3 nitrogen and oxygen atoms in total. The summed E-state index contributed by atoms with van der Waals surface area (Å²) < 4.78 is 0. The highest BCUT2D eigenvalue weighted by molar-refractivity contribution is 6.31. The standard InChI is InChI=1S/C22H22ClN3.ClH/c23-22-11-4-2-7-20(22)17-25-12-14-26(15-13-25)24-16-19-9-5-8-18-6-1-3-10-21(18)19;/h1-11,16H,12-15,17H2;1H. The third kappa shape index (κ3) is 4.81. The molecule has 1 aliphatic heterocycles. The van der Waals surface area contributed by atoms with Crippen molar-refractivity contribution in [3.8, 4) is 0 Å². The first-order valence-electron chi connectivity index (χ1n) is 9.02. The van der Waals surface area contributed by atoms with Gasteiger partial charge in [0.2, 0.25) is 0 Å². The van der Waals surface area contributed by atoms with Gasteiger partial charge in [-0.15, -0.1) is 12.4 Å². The summed E-state index contributed by atoms with van der Waals surface area (Å²) in [5, 5.41) is 10.2. The second-order valence-corrected chi connectivity index (χ2v) is 7.04. The number of benzene rings is 3. The van der Waals surface area contributed by atoms with E-state index in [1.165, 1.54) is 21.9 Å². The molecule has 5 heteroatoms. The summed E-state index contributed by atoms with van der Waals surface area (Å²) in [7, 11) is 0. The summed E-state index contributed by atoms with van der Waals surface area (Å²) in [5.74, 6) is 0. The van der Waals surface area contributed by atoms with Crippen LogP contribution in [-0.2, 0) is 6.54 Å². The number of piperazine rings is 1. The Kier molecular flexibility index (Phi) is 6.73. The number of hydrogen-bond acceptors (Lipinski definition) is 3. The Morgan fingerprint density at radius 2 is 1.56 bits per heavy atom. The molecule has 0 unspecified atom stereocenters. The van der Waals surface area contributed by atoms with E-state index in [0.717, 1.165) is 37.7 Å². The van der Waals surface area contributed by atoms with E-state index in [4.69, 9.17) is 16.7 Å². The lowest BCUT2D eigenvalue weighted by atomic mass is 10.1. The van der Waals surface area contributed by atoms with Crippen LogP contribution in [0.3, 0.4) is 0 Å². The van der Waals surface area contributed by atoms with Crippen LogP contribution in [0.2, 0.25) is 5.02 Å². The molecule has 0 bridgehead atoms. The van der Waals surface area contributed by atoms with Gasteiger partial charge in [0.1, 0.15) is 0 Å². The molecule has 1 saturated heterocycles. The maximum atomic E-state index is 6.28. The highest BCUT2D eigenvalue weighted by atomic mass is 35.5. The fourth-order valence-electron chi connectivity index (χ4n) is 3.39. The third-order valence-electron chi connectivity index (χ3n) is 4.88. The summed E-state index contributed by atoms with van der Waals surface area (Å²) in [6.07, 6.45) is 1.99. The molecule has 3 aromatic rings. The average Bonchev–Trinajstić information content (AvgIpc) is 2.69. The summed E-state index contributed by atoms with van der Waals surface area (Å²) >= 11 is 6.28. The molecule has 0 aliphatic carbocycles. The number of halogens is 2. The molecule has 27 heavy (non-hydrogen) atoms. The molecular weight excluding hydrogens is 377 g/mol. The van der Waals surface area contributed by atoms with Crippen molar-refractivity contribution in [2.24, 2.45) is 5.10 Å². The van der Waals surface area contributed by atoms with Crippen molar-refractivity contribution >= 4 is 41.0 Å². The van der Waals surface area contributed by atoms with E-state index < -0.39 is 0 Å². The Hall–Kier alpha value is -2.07. The van der Waals surface area contributed by atoms with E-state index in [1.54, 1.807) is 0 Å². The van der Waals surface area contributed by atoms with E-state index in [2.05, 4.69) is 58.4 Å². The first-order valence-corrected chi connectivity index (χ1v) is 9.40. The largest absolute Gasteiger partial charge is 0.295 e. The van der Waals surface area contributed by atoms with Crippen LogP contribution in [0.15, 0.2) is 71.8 Å². The lowest BCUT2D eigenvalue weighted by Crippen LogP contribution is -2.43. The number of hydrazone groups is 1. The van der Waals surface area contributed by atoms with Crippen molar-refractivity contribution in [3.63, 3.8) is 0 Å². The molecule has 0 amide bonds. The number of rotatable bonds is 4. The van der Waals surface area contributed by atoms with Crippen LogP contribution in [-0.4, -0.2) is 42.3 Å². The first kappa shape index (κ1) is 19.7. The molecule has 0 N–H and O–H groups in total. The monoisotopic (exact) mass is 399 g/mol. The van der Waals surface area contributed by atoms with E-state index in [0.29, 0.717) is 0 Å². The molecule has 0 radical (unpaired) electrons. The lowest BCUT2D eigenvalue weighted by molar-refractivity contribution is 0.131. The van der Waals surface area contributed by atoms with Crippen LogP contribution < -0.4 is 0 Å². The van der Waals surface area contributed by atoms with E-state index in [1.807, 2.05) is 24.4 Å². The molecule has 0 aromatic heterocycles. The van der Waals surface area contributed by atoms with Crippen molar-refractivity contribution in [2.45, 2.75) is 6.54 Å². The Bertz CT molecular complexity index is 913. The van der Waals surface area contributed by atoms with Gasteiger partial charge in [0.05, 0.1) is 6.21 Å². The van der Waals surface area contributed by atoms with Gasteiger partial charge in [-0.2, -0.15) is 5.10 Å². The summed E-state index contributed by atoms with van der Waals surface area (Å²) in [6.45, 7) is 4.77. The SMILES string of the molecule is Cl.Clc1ccccc1CN1CCN(N=Cc2cccc3ccccc23)CC1. The summed E-state index contributed by atoms with van der Waals surface area (Å²) in [5.41, 5.74) is 2.36. The van der Waals surface area contributed by atoms with Gasteiger partial charge in [-0.1, -0.05) is 72.3 Å². The maximum Gasteiger partial charge on any atom is 0.0549 e. The normalized spacial score (nSPS) is 15.2. The number of fused-ring (bicyclic) bond motifs is 1.